The number of carboxylic acid groups (broad SMARTS) is 1. The van der Waals surface area contributed by atoms with E-state index in [-0.39, 0.29) is 18.4 Å². The zero-order valence-corrected chi connectivity index (χ0v) is 16.0. The number of hydrogen-bond acceptors (Lipinski definition) is 5. The molecule has 1 aromatic heterocycles. The molecular formula is C20H22N2O4S. The van der Waals surface area contributed by atoms with Crippen molar-refractivity contribution in [2.45, 2.75) is 26.2 Å². The third kappa shape index (κ3) is 3.20. The molecule has 6 nitrogen and oxygen atoms in total. The molecular weight excluding hydrogens is 364 g/mol. The second-order valence-electron chi connectivity index (χ2n) is 7.39. The van der Waals surface area contributed by atoms with E-state index in [1.165, 1.54) is 0 Å². The maximum absolute atomic E-state index is 12.8. The Balaban J connectivity index is 1.52. The monoisotopic (exact) mass is 386 g/mol. The number of hydrogen-bond donors (Lipinski definition) is 1. The van der Waals surface area contributed by atoms with Crippen LogP contribution in [0.25, 0.3) is 0 Å². The molecule has 1 aromatic carbocycles. The number of rotatable bonds is 4. The van der Waals surface area contributed by atoms with E-state index >= 15 is 0 Å². The van der Waals surface area contributed by atoms with Crippen LogP contribution in [-0.2, 0) is 22.4 Å². The van der Waals surface area contributed by atoms with Gasteiger partial charge in [0.25, 0.3) is 0 Å². The van der Waals surface area contributed by atoms with Gasteiger partial charge in [0.05, 0.1) is 23.2 Å². The number of ether oxygens (including phenoxy) is 1. The minimum absolute atomic E-state index is 0.00443. The fourth-order valence-corrected chi connectivity index (χ4v) is 4.94. The van der Waals surface area contributed by atoms with E-state index in [1.54, 1.807) is 21.7 Å². The Morgan fingerprint density at radius 2 is 2.22 bits per heavy atom. The highest BCUT2D eigenvalue weighted by Gasteiger charge is 2.55. The Morgan fingerprint density at radius 1 is 1.41 bits per heavy atom. The first-order valence-electron chi connectivity index (χ1n) is 9.10. The summed E-state index contributed by atoms with van der Waals surface area (Å²) in [5, 5.41) is 10.1. The van der Waals surface area contributed by atoms with Crippen molar-refractivity contribution in [2.75, 3.05) is 19.7 Å². The van der Waals surface area contributed by atoms with Crippen LogP contribution in [0.15, 0.2) is 29.8 Å². The van der Waals surface area contributed by atoms with Crippen molar-refractivity contribution in [2.24, 2.45) is 11.3 Å². The van der Waals surface area contributed by atoms with E-state index in [4.69, 9.17) is 4.74 Å². The summed E-state index contributed by atoms with van der Waals surface area (Å²) in [5.74, 6) is -0.297. The van der Waals surface area contributed by atoms with Gasteiger partial charge in [0.15, 0.2) is 0 Å². The van der Waals surface area contributed by atoms with Crippen LogP contribution >= 0.6 is 11.3 Å². The number of thiazole rings is 1. The highest BCUT2D eigenvalue weighted by Crippen LogP contribution is 2.44. The molecule has 142 valence electrons. The van der Waals surface area contributed by atoms with Crippen molar-refractivity contribution in [3.05, 3.63) is 45.9 Å². The molecule has 4 rings (SSSR count). The third-order valence-corrected chi connectivity index (χ3v) is 6.80. The summed E-state index contributed by atoms with van der Waals surface area (Å²) in [6, 6.07) is 7.59. The van der Waals surface area contributed by atoms with E-state index in [0.717, 1.165) is 21.9 Å². The van der Waals surface area contributed by atoms with Crippen molar-refractivity contribution in [3.63, 3.8) is 0 Å². The fourth-order valence-electron chi connectivity index (χ4n) is 4.16. The van der Waals surface area contributed by atoms with Gasteiger partial charge in [0, 0.05) is 30.3 Å². The van der Waals surface area contributed by atoms with E-state index in [0.29, 0.717) is 32.4 Å². The average molecular weight is 386 g/mol. The highest BCUT2D eigenvalue weighted by atomic mass is 32.1. The van der Waals surface area contributed by atoms with Gasteiger partial charge in [-0.2, -0.15) is 0 Å². The second-order valence-corrected chi connectivity index (χ2v) is 8.33. The summed E-state index contributed by atoms with van der Waals surface area (Å²) >= 11 is 1.56. The van der Waals surface area contributed by atoms with E-state index < -0.39 is 11.4 Å². The molecule has 1 saturated heterocycles. The first-order chi connectivity index (χ1) is 13.0. The van der Waals surface area contributed by atoms with Gasteiger partial charge in [-0.05, 0) is 31.4 Å². The summed E-state index contributed by atoms with van der Waals surface area (Å²) in [6.07, 6.45) is 1.42. The molecule has 0 aliphatic carbocycles. The molecule has 2 aromatic rings. The van der Waals surface area contributed by atoms with Crippen LogP contribution in [-0.4, -0.2) is 46.6 Å². The molecule has 0 unspecified atom stereocenters. The smallest absolute Gasteiger partial charge is 0.312 e. The zero-order valence-electron chi connectivity index (χ0n) is 15.2. The van der Waals surface area contributed by atoms with Crippen LogP contribution in [0.1, 0.15) is 22.6 Å². The Kier molecular flexibility index (Phi) is 4.63. The number of fused-ring (bicyclic) bond motifs is 2. The number of carboxylic acids is 1. The van der Waals surface area contributed by atoms with Crippen molar-refractivity contribution in [1.82, 2.24) is 9.88 Å². The number of aryl methyl sites for hydroxylation is 2. The van der Waals surface area contributed by atoms with Gasteiger partial charge in [-0.15, -0.1) is 11.3 Å². The number of likely N-dealkylation sites (tertiary alicyclic amines) is 1. The van der Waals surface area contributed by atoms with Crippen LogP contribution < -0.4 is 4.74 Å². The number of benzene rings is 1. The number of carbonyl (C=O) groups excluding carboxylic acids is 1. The number of amides is 1. The van der Waals surface area contributed by atoms with Gasteiger partial charge in [0.2, 0.25) is 5.91 Å². The molecule has 7 heteroatoms. The van der Waals surface area contributed by atoms with Crippen molar-refractivity contribution in [3.8, 4) is 5.75 Å². The molecule has 0 saturated carbocycles. The Hall–Kier alpha value is -2.41. The number of nitrogens with zero attached hydrogens (tertiary/aromatic N) is 2. The molecule has 0 bridgehead atoms. The summed E-state index contributed by atoms with van der Waals surface area (Å²) in [5.41, 5.74) is 2.67. The van der Waals surface area contributed by atoms with Gasteiger partial charge in [-0.25, -0.2) is 4.98 Å². The maximum Gasteiger partial charge on any atom is 0.312 e. The molecule has 1 amide bonds. The Bertz CT molecular complexity index is 880. The van der Waals surface area contributed by atoms with Crippen LogP contribution in [0.2, 0.25) is 0 Å². The molecule has 0 spiro atoms. The SMILES string of the molecule is Cc1ncsc1CCC(=O)N1C[C@H]2COc3ccccc3C[C@@]2(C(=O)O)C1. The van der Waals surface area contributed by atoms with Gasteiger partial charge in [-0.3, -0.25) is 9.59 Å². The van der Waals surface area contributed by atoms with Gasteiger partial charge in [0.1, 0.15) is 5.75 Å². The number of para-hydroxylation sites is 1. The Labute approximate surface area is 161 Å². The van der Waals surface area contributed by atoms with Gasteiger partial charge < -0.3 is 14.7 Å². The predicted octanol–water partition coefficient (Wildman–Crippen LogP) is 2.55. The summed E-state index contributed by atoms with van der Waals surface area (Å²) in [4.78, 5) is 32.1. The topological polar surface area (TPSA) is 79.7 Å². The minimum atomic E-state index is -0.983. The normalized spacial score (nSPS) is 23.9. The molecule has 1 N–H and O–H groups in total. The van der Waals surface area contributed by atoms with E-state index in [9.17, 15) is 14.7 Å². The lowest BCUT2D eigenvalue weighted by Crippen LogP contribution is -2.42. The average Bonchev–Trinajstić information content (AvgIpc) is 3.19. The van der Waals surface area contributed by atoms with Crippen LogP contribution in [0.4, 0.5) is 0 Å². The quantitative estimate of drug-likeness (QED) is 0.874. The molecule has 1 fully saturated rings. The minimum Gasteiger partial charge on any atom is -0.493 e. The molecule has 2 aliphatic rings. The van der Waals surface area contributed by atoms with Crippen molar-refractivity contribution < 1.29 is 19.4 Å². The fraction of sp³-hybridized carbons (Fsp3) is 0.450. The summed E-state index contributed by atoms with van der Waals surface area (Å²) in [7, 11) is 0. The van der Waals surface area contributed by atoms with Gasteiger partial charge >= 0.3 is 5.97 Å². The van der Waals surface area contributed by atoms with Crippen molar-refractivity contribution >= 4 is 23.2 Å². The second kappa shape index (κ2) is 6.96. The molecule has 27 heavy (non-hydrogen) atoms. The molecule has 0 radical (unpaired) electrons. The zero-order chi connectivity index (χ0) is 19.0. The first kappa shape index (κ1) is 18.0. The van der Waals surface area contributed by atoms with Crippen molar-refractivity contribution in [1.29, 1.82) is 0 Å². The third-order valence-electron chi connectivity index (χ3n) is 5.80. The summed E-state index contributed by atoms with van der Waals surface area (Å²) in [6.45, 7) is 2.94. The first-order valence-corrected chi connectivity index (χ1v) is 9.98. The van der Waals surface area contributed by atoms with E-state index in [1.807, 2.05) is 31.2 Å². The number of carbonyl (C=O) groups is 2. The Morgan fingerprint density at radius 3 is 2.96 bits per heavy atom. The van der Waals surface area contributed by atoms with Crippen LogP contribution in [0.5, 0.6) is 5.75 Å². The number of aliphatic carboxylic acids is 1. The number of aromatic nitrogens is 1. The lowest BCUT2D eigenvalue weighted by atomic mass is 9.74. The summed E-state index contributed by atoms with van der Waals surface area (Å²) < 4.78 is 5.89. The van der Waals surface area contributed by atoms with E-state index in [2.05, 4.69) is 4.98 Å². The lowest BCUT2D eigenvalue weighted by molar-refractivity contribution is -0.151. The highest BCUT2D eigenvalue weighted by molar-refractivity contribution is 7.09. The van der Waals surface area contributed by atoms with Crippen LogP contribution in [0.3, 0.4) is 0 Å². The van der Waals surface area contributed by atoms with Gasteiger partial charge in [-0.1, -0.05) is 18.2 Å². The standard InChI is InChI=1S/C20H22N2O4S/c1-13-17(27-12-21-13)6-7-18(23)22-9-15-10-26-16-5-3-2-4-14(16)8-20(15,11-22)19(24)25/h2-5,12,15H,6-11H2,1H3,(H,24,25)/t15-,20+/m0/s1. The predicted molar refractivity (Wildman–Crippen MR) is 101 cm³/mol. The largest absolute Gasteiger partial charge is 0.493 e. The van der Waals surface area contributed by atoms with Crippen LogP contribution in [0, 0.1) is 18.3 Å². The molecule has 3 heterocycles. The lowest BCUT2D eigenvalue weighted by Gasteiger charge is -2.27. The maximum atomic E-state index is 12.8. The molecule has 2 atom stereocenters. The molecule has 2 aliphatic heterocycles.